The summed E-state index contributed by atoms with van der Waals surface area (Å²) < 4.78 is 0. The third kappa shape index (κ3) is 3.73. The van der Waals surface area contributed by atoms with Gasteiger partial charge in [-0.3, -0.25) is 0 Å². The first-order valence-corrected chi connectivity index (χ1v) is 5.79. The van der Waals surface area contributed by atoms with E-state index < -0.39 is 0 Å². The molecule has 0 fully saturated rings. The van der Waals surface area contributed by atoms with Gasteiger partial charge in [-0.25, -0.2) is 9.97 Å². The quantitative estimate of drug-likeness (QED) is 0.790. The zero-order valence-electron chi connectivity index (χ0n) is 10.0. The van der Waals surface area contributed by atoms with Crippen LogP contribution in [0.25, 0.3) is 0 Å². The molecule has 0 bridgehead atoms. The van der Waals surface area contributed by atoms with Gasteiger partial charge in [0.1, 0.15) is 11.6 Å². The van der Waals surface area contributed by atoms with E-state index in [1.54, 1.807) is 0 Å². The molecule has 1 rings (SSSR count). The lowest BCUT2D eigenvalue weighted by Gasteiger charge is -2.22. The first kappa shape index (κ1) is 12.8. The minimum absolute atomic E-state index is 0.543. The van der Waals surface area contributed by atoms with E-state index in [0.717, 1.165) is 30.4 Å². The monoisotopic (exact) mass is 238 g/mol. The van der Waals surface area contributed by atoms with Gasteiger partial charge in [-0.1, -0.05) is 12.2 Å². The number of anilines is 1. The van der Waals surface area contributed by atoms with Crippen molar-refractivity contribution in [3.8, 4) is 0 Å². The zero-order valence-corrected chi connectivity index (χ0v) is 10.8. The van der Waals surface area contributed by atoms with E-state index in [2.05, 4.69) is 21.8 Å². The summed E-state index contributed by atoms with van der Waals surface area (Å²) in [5, 5.41) is 0. The molecule has 1 aromatic rings. The molecule has 0 radical (unpaired) electrons. The van der Waals surface area contributed by atoms with Gasteiger partial charge in [0.25, 0.3) is 0 Å². The molecule has 0 atom stereocenters. The van der Waals surface area contributed by atoms with Crippen LogP contribution < -0.4 is 10.6 Å². The van der Waals surface area contributed by atoms with Gasteiger partial charge in [0, 0.05) is 31.3 Å². The van der Waals surface area contributed by atoms with Crippen molar-refractivity contribution in [3.63, 3.8) is 0 Å². The van der Waals surface area contributed by atoms with Crippen LogP contribution in [0, 0.1) is 13.8 Å². The minimum atomic E-state index is 0.543. The number of rotatable bonds is 5. The summed E-state index contributed by atoms with van der Waals surface area (Å²) in [6.07, 6.45) is 0.714. The van der Waals surface area contributed by atoms with Gasteiger partial charge < -0.3 is 10.6 Å². The average molecular weight is 238 g/mol. The third-order valence-corrected chi connectivity index (χ3v) is 2.49. The van der Waals surface area contributed by atoms with Gasteiger partial charge in [-0.2, -0.15) is 0 Å². The largest absolute Gasteiger partial charge is 0.393 e. The van der Waals surface area contributed by atoms with Crippen molar-refractivity contribution in [1.29, 1.82) is 0 Å². The summed E-state index contributed by atoms with van der Waals surface area (Å²) >= 11 is 4.88. The maximum absolute atomic E-state index is 5.51. The summed E-state index contributed by atoms with van der Waals surface area (Å²) in [6, 6.07) is 1.98. The van der Waals surface area contributed by atoms with E-state index in [4.69, 9.17) is 18.0 Å². The normalized spacial score (nSPS) is 10.2. The Balaban J connectivity index is 2.81. The highest BCUT2D eigenvalue weighted by atomic mass is 32.1. The molecule has 0 aliphatic carbocycles. The number of aryl methyl sites for hydroxylation is 2. The fourth-order valence-electron chi connectivity index (χ4n) is 1.54. The van der Waals surface area contributed by atoms with Gasteiger partial charge in [0.05, 0.1) is 4.99 Å². The van der Waals surface area contributed by atoms with Crippen LogP contribution in [0.1, 0.15) is 24.9 Å². The number of thiocarbonyl (C=S) groups is 1. The van der Waals surface area contributed by atoms with E-state index in [1.165, 1.54) is 0 Å². The number of nitrogens with zero attached hydrogens (tertiary/aromatic N) is 3. The van der Waals surface area contributed by atoms with Crippen LogP contribution in [-0.4, -0.2) is 28.0 Å². The fourth-order valence-corrected chi connectivity index (χ4v) is 1.63. The molecule has 0 saturated heterocycles. The molecule has 1 heterocycles. The van der Waals surface area contributed by atoms with Crippen LogP contribution in [0.3, 0.4) is 0 Å². The van der Waals surface area contributed by atoms with Crippen LogP contribution in [-0.2, 0) is 0 Å². The molecule has 0 spiro atoms. The maximum Gasteiger partial charge on any atom is 0.132 e. The fraction of sp³-hybridized carbons (Fsp3) is 0.545. The number of hydrogen-bond donors (Lipinski definition) is 1. The first-order valence-electron chi connectivity index (χ1n) is 5.38. The Kier molecular flexibility index (Phi) is 4.61. The highest BCUT2D eigenvalue weighted by molar-refractivity contribution is 7.80. The van der Waals surface area contributed by atoms with Crippen molar-refractivity contribution in [3.05, 3.63) is 17.6 Å². The lowest BCUT2D eigenvalue weighted by atomic mass is 10.3. The molecular formula is C11H18N4S. The van der Waals surface area contributed by atoms with E-state index in [1.807, 2.05) is 19.9 Å². The summed E-state index contributed by atoms with van der Waals surface area (Å²) in [5.41, 5.74) is 6.49. The van der Waals surface area contributed by atoms with E-state index >= 15 is 0 Å². The second-order valence-electron chi connectivity index (χ2n) is 3.71. The second kappa shape index (κ2) is 5.75. The topological polar surface area (TPSA) is 55.0 Å². The molecule has 0 saturated carbocycles. The van der Waals surface area contributed by atoms with Crippen molar-refractivity contribution in [2.45, 2.75) is 27.2 Å². The van der Waals surface area contributed by atoms with Crippen LogP contribution in [0.2, 0.25) is 0 Å². The minimum Gasteiger partial charge on any atom is -0.393 e. The predicted octanol–water partition coefficient (Wildman–Crippen LogP) is 1.60. The lowest BCUT2D eigenvalue weighted by molar-refractivity contribution is 0.807. The molecule has 0 aliphatic heterocycles. The molecule has 2 N–H and O–H groups in total. The SMILES string of the molecule is CCN(CCC(N)=S)c1cc(C)nc(C)n1. The van der Waals surface area contributed by atoms with Crippen molar-refractivity contribution < 1.29 is 0 Å². The Labute approximate surface area is 102 Å². The second-order valence-corrected chi connectivity index (χ2v) is 4.24. The molecule has 0 amide bonds. The van der Waals surface area contributed by atoms with Crippen molar-refractivity contribution in [2.75, 3.05) is 18.0 Å². The van der Waals surface area contributed by atoms with Crippen LogP contribution in [0.15, 0.2) is 6.07 Å². The van der Waals surface area contributed by atoms with Crippen molar-refractivity contribution in [2.24, 2.45) is 5.73 Å². The summed E-state index contributed by atoms with van der Waals surface area (Å²) in [7, 11) is 0. The van der Waals surface area contributed by atoms with Crippen molar-refractivity contribution >= 4 is 23.0 Å². The lowest BCUT2D eigenvalue weighted by Crippen LogP contribution is -2.28. The molecule has 0 aromatic carbocycles. The molecule has 16 heavy (non-hydrogen) atoms. The Morgan fingerprint density at radius 3 is 2.62 bits per heavy atom. The first-order chi connectivity index (χ1) is 7.52. The highest BCUT2D eigenvalue weighted by Gasteiger charge is 2.07. The number of aromatic nitrogens is 2. The van der Waals surface area contributed by atoms with Crippen molar-refractivity contribution in [1.82, 2.24) is 9.97 Å². The van der Waals surface area contributed by atoms with Gasteiger partial charge in [-0.05, 0) is 20.8 Å². The molecule has 5 heteroatoms. The van der Waals surface area contributed by atoms with E-state index in [-0.39, 0.29) is 0 Å². The Morgan fingerprint density at radius 2 is 2.12 bits per heavy atom. The smallest absolute Gasteiger partial charge is 0.132 e. The average Bonchev–Trinajstić information content (AvgIpc) is 2.16. The predicted molar refractivity (Wildman–Crippen MR) is 70.8 cm³/mol. The van der Waals surface area contributed by atoms with Gasteiger partial charge >= 0.3 is 0 Å². The molecule has 0 unspecified atom stereocenters. The van der Waals surface area contributed by atoms with E-state index in [0.29, 0.717) is 11.4 Å². The Hall–Kier alpha value is -1.23. The van der Waals surface area contributed by atoms with Gasteiger partial charge in [0.2, 0.25) is 0 Å². The molecular weight excluding hydrogens is 220 g/mol. The summed E-state index contributed by atoms with van der Waals surface area (Å²) in [5.74, 6) is 1.74. The summed E-state index contributed by atoms with van der Waals surface area (Å²) in [6.45, 7) is 7.66. The number of hydrogen-bond acceptors (Lipinski definition) is 4. The molecule has 0 aliphatic rings. The molecule has 88 valence electrons. The third-order valence-electron chi connectivity index (χ3n) is 2.29. The Bertz CT molecular complexity index is 358. The maximum atomic E-state index is 5.51. The summed E-state index contributed by atoms with van der Waals surface area (Å²) in [4.78, 5) is 11.4. The number of nitrogens with two attached hydrogens (primary N) is 1. The van der Waals surface area contributed by atoms with Crippen LogP contribution in [0.5, 0.6) is 0 Å². The van der Waals surface area contributed by atoms with Gasteiger partial charge in [0.15, 0.2) is 0 Å². The molecule has 4 nitrogen and oxygen atoms in total. The zero-order chi connectivity index (χ0) is 12.1. The molecule has 1 aromatic heterocycles. The highest BCUT2D eigenvalue weighted by Crippen LogP contribution is 2.12. The van der Waals surface area contributed by atoms with E-state index in [9.17, 15) is 0 Å². The van der Waals surface area contributed by atoms with Gasteiger partial charge in [-0.15, -0.1) is 0 Å². The van der Waals surface area contributed by atoms with Crippen LogP contribution >= 0.6 is 12.2 Å². The Morgan fingerprint density at radius 1 is 1.44 bits per heavy atom. The van der Waals surface area contributed by atoms with Crippen LogP contribution in [0.4, 0.5) is 5.82 Å². The standard InChI is InChI=1S/C11H18N4S/c1-4-15(6-5-10(12)16)11-7-8(2)13-9(3)14-11/h7H,4-6H2,1-3H3,(H2,12,16).